The number of hydrogen-bond acceptors (Lipinski definition) is 4. The largest absolute Gasteiger partial charge is 0.379 e. The predicted molar refractivity (Wildman–Crippen MR) is 102 cm³/mol. The number of benzene rings is 1. The first-order valence-electron chi connectivity index (χ1n) is 9.13. The molecule has 0 aliphatic carbocycles. The Morgan fingerprint density at radius 2 is 1.88 bits per heavy atom. The fourth-order valence-corrected chi connectivity index (χ4v) is 2.89. The molecule has 2 heterocycles. The zero-order valence-electron chi connectivity index (χ0n) is 15.0. The van der Waals surface area contributed by atoms with Crippen molar-refractivity contribution >= 4 is 11.7 Å². The highest BCUT2D eigenvalue weighted by atomic mass is 16.5. The summed E-state index contributed by atoms with van der Waals surface area (Å²) in [5.41, 5.74) is 3.05. The van der Waals surface area contributed by atoms with E-state index in [0.29, 0.717) is 6.54 Å². The van der Waals surface area contributed by atoms with E-state index in [1.54, 1.807) is 6.20 Å². The first kappa shape index (κ1) is 18.4. The molecule has 1 fully saturated rings. The molecule has 0 saturated carbocycles. The van der Waals surface area contributed by atoms with Gasteiger partial charge in [-0.15, -0.1) is 0 Å². The van der Waals surface area contributed by atoms with Crippen LogP contribution in [0.1, 0.15) is 11.3 Å². The Balaban J connectivity index is 1.37. The Morgan fingerprint density at radius 3 is 2.62 bits per heavy atom. The highest BCUT2D eigenvalue weighted by Gasteiger charge is 2.09. The fourth-order valence-electron chi connectivity index (χ4n) is 2.89. The summed E-state index contributed by atoms with van der Waals surface area (Å²) in [6, 6.07) is 13.6. The molecule has 2 N–H and O–H groups in total. The standard InChI is InChI=1S/C20H26N4O2/c25-20(22-11-8-18-3-1-2-10-21-18)23-19-6-4-17(5-7-19)9-12-24-13-15-26-16-14-24/h1-7,10H,8-9,11-16H2,(H2,22,23,25). The van der Waals surface area contributed by atoms with Crippen molar-refractivity contribution in [1.82, 2.24) is 15.2 Å². The summed E-state index contributed by atoms with van der Waals surface area (Å²) in [5.74, 6) is 0. The van der Waals surface area contributed by atoms with Crippen molar-refractivity contribution in [2.45, 2.75) is 12.8 Å². The number of pyridine rings is 1. The number of carbonyl (C=O) groups excluding carboxylic acids is 1. The molecule has 26 heavy (non-hydrogen) atoms. The average Bonchev–Trinajstić information content (AvgIpc) is 2.69. The molecule has 138 valence electrons. The van der Waals surface area contributed by atoms with Gasteiger partial charge >= 0.3 is 6.03 Å². The molecule has 0 unspecified atom stereocenters. The Kier molecular flexibility index (Phi) is 6.98. The van der Waals surface area contributed by atoms with Crippen LogP contribution in [0.5, 0.6) is 0 Å². The zero-order chi connectivity index (χ0) is 18.0. The van der Waals surface area contributed by atoms with E-state index in [1.807, 2.05) is 30.3 Å². The number of hydrogen-bond donors (Lipinski definition) is 2. The van der Waals surface area contributed by atoms with Gasteiger partial charge in [-0.2, -0.15) is 0 Å². The summed E-state index contributed by atoms with van der Waals surface area (Å²) >= 11 is 0. The summed E-state index contributed by atoms with van der Waals surface area (Å²) < 4.78 is 5.37. The minimum atomic E-state index is -0.193. The van der Waals surface area contributed by atoms with Gasteiger partial charge in [0.1, 0.15) is 0 Å². The van der Waals surface area contributed by atoms with Gasteiger partial charge in [-0.1, -0.05) is 18.2 Å². The van der Waals surface area contributed by atoms with E-state index in [9.17, 15) is 4.79 Å². The van der Waals surface area contributed by atoms with E-state index in [0.717, 1.165) is 57.1 Å². The number of amides is 2. The Bertz CT molecular complexity index is 670. The van der Waals surface area contributed by atoms with Crippen LogP contribution in [0.15, 0.2) is 48.7 Å². The molecule has 1 aromatic heterocycles. The van der Waals surface area contributed by atoms with Gasteiger partial charge in [0, 0.05) is 50.2 Å². The highest BCUT2D eigenvalue weighted by Crippen LogP contribution is 2.11. The van der Waals surface area contributed by atoms with Crippen LogP contribution in [0.4, 0.5) is 10.5 Å². The number of aromatic nitrogens is 1. The van der Waals surface area contributed by atoms with Crippen LogP contribution in [0.25, 0.3) is 0 Å². The van der Waals surface area contributed by atoms with E-state index in [2.05, 4.69) is 32.7 Å². The second-order valence-corrected chi connectivity index (χ2v) is 6.35. The molecule has 0 spiro atoms. The lowest BCUT2D eigenvalue weighted by molar-refractivity contribution is 0.0384. The SMILES string of the molecule is O=C(NCCc1ccccn1)Nc1ccc(CCN2CCOCC2)cc1. The monoisotopic (exact) mass is 354 g/mol. The third-order valence-electron chi connectivity index (χ3n) is 4.43. The molecule has 0 atom stereocenters. The fraction of sp³-hybridized carbons (Fsp3) is 0.400. The van der Waals surface area contributed by atoms with Crippen molar-refractivity contribution in [3.63, 3.8) is 0 Å². The highest BCUT2D eigenvalue weighted by molar-refractivity contribution is 5.89. The van der Waals surface area contributed by atoms with Crippen LogP contribution < -0.4 is 10.6 Å². The molecule has 1 saturated heterocycles. The maximum Gasteiger partial charge on any atom is 0.319 e. The summed E-state index contributed by atoms with van der Waals surface area (Å²) in [4.78, 5) is 18.6. The van der Waals surface area contributed by atoms with E-state index < -0.39 is 0 Å². The molecule has 2 aromatic rings. The van der Waals surface area contributed by atoms with E-state index >= 15 is 0 Å². The summed E-state index contributed by atoms with van der Waals surface area (Å²) in [7, 11) is 0. The minimum absolute atomic E-state index is 0.193. The van der Waals surface area contributed by atoms with Crippen LogP contribution in [-0.4, -0.2) is 55.3 Å². The second kappa shape index (κ2) is 9.89. The lowest BCUT2D eigenvalue weighted by atomic mass is 10.1. The van der Waals surface area contributed by atoms with Crippen LogP contribution in [0, 0.1) is 0 Å². The van der Waals surface area contributed by atoms with Crippen molar-refractivity contribution in [3.05, 3.63) is 59.9 Å². The van der Waals surface area contributed by atoms with Crippen LogP contribution in [0.2, 0.25) is 0 Å². The van der Waals surface area contributed by atoms with Gasteiger partial charge in [0.15, 0.2) is 0 Å². The predicted octanol–water partition coefficient (Wildman–Crippen LogP) is 2.32. The first-order valence-corrected chi connectivity index (χ1v) is 9.13. The van der Waals surface area contributed by atoms with Gasteiger partial charge in [-0.05, 0) is 36.2 Å². The second-order valence-electron chi connectivity index (χ2n) is 6.35. The lowest BCUT2D eigenvalue weighted by Gasteiger charge is -2.26. The number of carbonyl (C=O) groups is 1. The van der Waals surface area contributed by atoms with E-state index in [1.165, 1.54) is 5.56 Å². The Morgan fingerprint density at radius 1 is 1.08 bits per heavy atom. The van der Waals surface area contributed by atoms with Gasteiger partial charge in [0.2, 0.25) is 0 Å². The van der Waals surface area contributed by atoms with Gasteiger partial charge in [-0.3, -0.25) is 9.88 Å². The number of anilines is 1. The van der Waals surface area contributed by atoms with Gasteiger partial charge < -0.3 is 15.4 Å². The Hall–Kier alpha value is -2.44. The number of nitrogens with zero attached hydrogens (tertiary/aromatic N) is 2. The molecular formula is C20H26N4O2. The maximum absolute atomic E-state index is 12.0. The molecule has 0 radical (unpaired) electrons. The molecule has 2 amide bonds. The summed E-state index contributed by atoms with van der Waals surface area (Å²) in [5, 5.41) is 5.72. The van der Waals surface area contributed by atoms with Gasteiger partial charge in [0.05, 0.1) is 13.2 Å². The van der Waals surface area contributed by atoms with Crippen LogP contribution in [0.3, 0.4) is 0 Å². The zero-order valence-corrected chi connectivity index (χ0v) is 15.0. The topological polar surface area (TPSA) is 66.5 Å². The van der Waals surface area contributed by atoms with Crippen LogP contribution >= 0.6 is 0 Å². The van der Waals surface area contributed by atoms with Crippen LogP contribution in [-0.2, 0) is 17.6 Å². The minimum Gasteiger partial charge on any atom is -0.379 e. The van der Waals surface area contributed by atoms with Crippen molar-refractivity contribution in [3.8, 4) is 0 Å². The quantitative estimate of drug-likeness (QED) is 0.801. The van der Waals surface area contributed by atoms with Crippen molar-refractivity contribution in [1.29, 1.82) is 0 Å². The normalized spacial score (nSPS) is 14.8. The average molecular weight is 354 g/mol. The first-order chi connectivity index (χ1) is 12.8. The summed E-state index contributed by atoms with van der Waals surface area (Å²) in [6.07, 6.45) is 3.49. The molecule has 3 rings (SSSR count). The number of nitrogens with one attached hydrogen (secondary N) is 2. The molecule has 0 bridgehead atoms. The number of rotatable bonds is 7. The third kappa shape index (κ3) is 6.13. The molecule has 1 aliphatic heterocycles. The van der Waals surface area contributed by atoms with Crippen molar-refractivity contribution in [2.75, 3.05) is 44.7 Å². The van der Waals surface area contributed by atoms with E-state index in [4.69, 9.17) is 4.74 Å². The lowest BCUT2D eigenvalue weighted by Crippen LogP contribution is -2.37. The molecule has 1 aromatic carbocycles. The number of urea groups is 1. The molecule has 6 heteroatoms. The van der Waals surface area contributed by atoms with Crippen molar-refractivity contribution < 1.29 is 9.53 Å². The third-order valence-corrected chi connectivity index (χ3v) is 4.43. The molecular weight excluding hydrogens is 328 g/mol. The smallest absolute Gasteiger partial charge is 0.319 e. The Labute approximate surface area is 154 Å². The molecule has 6 nitrogen and oxygen atoms in total. The van der Waals surface area contributed by atoms with Gasteiger partial charge in [0.25, 0.3) is 0 Å². The maximum atomic E-state index is 12.0. The number of morpholine rings is 1. The van der Waals surface area contributed by atoms with Gasteiger partial charge in [-0.25, -0.2) is 4.79 Å². The van der Waals surface area contributed by atoms with E-state index in [-0.39, 0.29) is 6.03 Å². The summed E-state index contributed by atoms with van der Waals surface area (Å²) in [6.45, 7) is 5.29. The molecule has 1 aliphatic rings. The number of ether oxygens (including phenoxy) is 1. The van der Waals surface area contributed by atoms with Crippen molar-refractivity contribution in [2.24, 2.45) is 0 Å².